The minimum absolute atomic E-state index is 0.110. The van der Waals surface area contributed by atoms with E-state index in [1.54, 1.807) is 36.4 Å². The summed E-state index contributed by atoms with van der Waals surface area (Å²) in [6.07, 6.45) is 0. The summed E-state index contributed by atoms with van der Waals surface area (Å²) in [6.45, 7) is 4.25. The van der Waals surface area contributed by atoms with Crippen LogP contribution in [-0.4, -0.2) is 16.0 Å². The number of nitrogens with one attached hydrogen (secondary N) is 2. The molecule has 0 fully saturated rings. The molecule has 0 saturated heterocycles. The summed E-state index contributed by atoms with van der Waals surface area (Å²) < 4.78 is 6.77. The molecule has 36 heavy (non-hydrogen) atoms. The van der Waals surface area contributed by atoms with E-state index in [1.165, 1.54) is 16.9 Å². The van der Waals surface area contributed by atoms with Crippen LogP contribution in [0, 0.1) is 0 Å². The number of hydrogen-bond acceptors (Lipinski definition) is 5. The van der Waals surface area contributed by atoms with Crippen molar-refractivity contribution in [2.45, 2.75) is 19.8 Å². The molecule has 3 aromatic carbocycles. The normalized spacial score (nSPS) is 11.4. The number of oxazole rings is 1. The van der Waals surface area contributed by atoms with Gasteiger partial charge in [0.15, 0.2) is 10.7 Å². The number of amides is 1. The number of thiophene rings is 1. The zero-order valence-corrected chi connectivity index (χ0v) is 22.9. The number of carbonyl (C=O) groups is 1. The molecule has 1 amide bonds. The average Bonchev–Trinajstić information content (AvgIpc) is 3.40. The highest BCUT2D eigenvalue weighted by Crippen LogP contribution is 2.37. The SMILES string of the molecule is CC(C)c1ccc2oc(-c3cc(NC(=S)NC(=O)c4sc5cc(Cl)ccc5c4Cl)ccc3Cl)nc2c1. The molecule has 2 aromatic heterocycles. The number of thiocarbonyl (C=S) groups is 1. The Hall–Kier alpha value is -2.68. The first kappa shape index (κ1) is 25.0. The van der Waals surface area contributed by atoms with E-state index >= 15 is 0 Å². The van der Waals surface area contributed by atoms with Gasteiger partial charge in [-0.3, -0.25) is 10.1 Å². The number of aromatic nitrogens is 1. The number of anilines is 1. The largest absolute Gasteiger partial charge is 0.436 e. The Bertz CT molecular complexity index is 1660. The van der Waals surface area contributed by atoms with Crippen LogP contribution in [-0.2, 0) is 0 Å². The molecule has 0 aliphatic heterocycles. The second kappa shape index (κ2) is 10.00. The summed E-state index contributed by atoms with van der Waals surface area (Å²) in [6, 6.07) is 16.5. The lowest BCUT2D eigenvalue weighted by Gasteiger charge is -2.10. The van der Waals surface area contributed by atoms with Crippen molar-refractivity contribution >= 4 is 96.3 Å². The van der Waals surface area contributed by atoms with Crippen molar-refractivity contribution in [2.24, 2.45) is 0 Å². The third kappa shape index (κ3) is 4.94. The van der Waals surface area contributed by atoms with E-state index in [-0.39, 0.29) is 5.11 Å². The first-order chi connectivity index (χ1) is 17.2. The topological polar surface area (TPSA) is 67.2 Å². The average molecular weight is 575 g/mol. The van der Waals surface area contributed by atoms with Crippen LogP contribution in [0.25, 0.3) is 32.6 Å². The number of carbonyl (C=O) groups excluding carboxylic acids is 1. The maximum Gasteiger partial charge on any atom is 0.269 e. The molecule has 2 heterocycles. The Balaban J connectivity index is 1.35. The molecule has 5 rings (SSSR count). The van der Waals surface area contributed by atoms with E-state index in [0.717, 1.165) is 15.6 Å². The number of halogens is 3. The van der Waals surface area contributed by atoms with Gasteiger partial charge in [-0.15, -0.1) is 11.3 Å². The van der Waals surface area contributed by atoms with E-state index in [4.69, 9.17) is 51.4 Å². The van der Waals surface area contributed by atoms with Gasteiger partial charge in [0.2, 0.25) is 5.89 Å². The summed E-state index contributed by atoms with van der Waals surface area (Å²) in [4.78, 5) is 17.8. The summed E-state index contributed by atoms with van der Waals surface area (Å²) in [5.41, 5.74) is 3.82. The number of nitrogens with zero attached hydrogens (tertiary/aromatic N) is 1. The van der Waals surface area contributed by atoms with Gasteiger partial charge in [0.05, 0.1) is 15.6 Å². The van der Waals surface area contributed by atoms with Gasteiger partial charge in [-0.2, -0.15) is 0 Å². The first-order valence-electron chi connectivity index (χ1n) is 10.9. The Morgan fingerprint density at radius 1 is 1.06 bits per heavy atom. The molecule has 10 heteroatoms. The minimum atomic E-state index is -0.413. The Morgan fingerprint density at radius 2 is 1.86 bits per heavy atom. The molecule has 0 aliphatic carbocycles. The van der Waals surface area contributed by atoms with Gasteiger partial charge in [-0.05, 0) is 66.2 Å². The van der Waals surface area contributed by atoms with Gasteiger partial charge in [-0.25, -0.2) is 4.98 Å². The third-order valence-electron chi connectivity index (χ3n) is 5.56. The van der Waals surface area contributed by atoms with Gasteiger partial charge in [0.1, 0.15) is 10.4 Å². The number of benzene rings is 3. The van der Waals surface area contributed by atoms with E-state index < -0.39 is 5.91 Å². The van der Waals surface area contributed by atoms with E-state index in [9.17, 15) is 4.79 Å². The molecular weight excluding hydrogens is 557 g/mol. The van der Waals surface area contributed by atoms with Crippen LogP contribution in [0.1, 0.15) is 35.0 Å². The Kier molecular flexibility index (Phi) is 6.94. The summed E-state index contributed by atoms with van der Waals surface area (Å²) in [7, 11) is 0. The molecule has 5 nitrogen and oxygen atoms in total. The maximum atomic E-state index is 12.8. The molecule has 0 saturated carbocycles. The Morgan fingerprint density at radius 3 is 2.64 bits per heavy atom. The highest BCUT2D eigenvalue weighted by molar-refractivity contribution is 7.80. The number of fused-ring (bicyclic) bond motifs is 2. The fourth-order valence-corrected chi connectivity index (χ4v) is 5.79. The van der Waals surface area contributed by atoms with Gasteiger partial charge < -0.3 is 9.73 Å². The molecular formula is C26H18Cl3N3O2S2. The lowest BCUT2D eigenvalue weighted by Crippen LogP contribution is -2.33. The third-order valence-corrected chi connectivity index (χ3v) is 7.98. The monoisotopic (exact) mass is 573 g/mol. The molecule has 5 aromatic rings. The highest BCUT2D eigenvalue weighted by Gasteiger charge is 2.19. The number of hydrogen-bond donors (Lipinski definition) is 2. The summed E-state index contributed by atoms with van der Waals surface area (Å²) in [5.74, 6) is 0.358. The smallest absolute Gasteiger partial charge is 0.269 e. The second-order valence-electron chi connectivity index (χ2n) is 8.39. The first-order valence-corrected chi connectivity index (χ1v) is 13.3. The molecule has 0 bridgehead atoms. The maximum absolute atomic E-state index is 12.8. The van der Waals surface area contributed by atoms with Crippen LogP contribution in [0.5, 0.6) is 0 Å². The van der Waals surface area contributed by atoms with Crippen LogP contribution in [0.15, 0.2) is 59.0 Å². The van der Waals surface area contributed by atoms with Crippen molar-refractivity contribution in [1.82, 2.24) is 10.3 Å². The lowest BCUT2D eigenvalue weighted by molar-refractivity contribution is 0.0982. The predicted octanol–water partition coefficient (Wildman–Crippen LogP) is 8.92. The van der Waals surface area contributed by atoms with Crippen LogP contribution in [0.3, 0.4) is 0 Å². The van der Waals surface area contributed by atoms with Gasteiger partial charge >= 0.3 is 0 Å². The standard InChI is InChI=1S/C26H18Cl3N3O2S2/c1-12(2)13-3-8-20-19(9-13)31-25(34-20)17-11-15(5-7-18(17)28)30-26(35)32-24(33)23-22(29)16-6-4-14(27)10-21(16)36-23/h3-12H,1-2H3,(H2,30,32,33,35). The summed E-state index contributed by atoms with van der Waals surface area (Å²) >= 11 is 25.5. The van der Waals surface area contributed by atoms with Crippen LogP contribution < -0.4 is 10.6 Å². The summed E-state index contributed by atoms with van der Waals surface area (Å²) in [5, 5.41) is 7.96. The van der Waals surface area contributed by atoms with Crippen molar-refractivity contribution < 1.29 is 9.21 Å². The minimum Gasteiger partial charge on any atom is -0.436 e. The lowest BCUT2D eigenvalue weighted by atomic mass is 10.0. The Labute approximate surface area is 231 Å². The molecule has 0 radical (unpaired) electrons. The zero-order chi connectivity index (χ0) is 25.6. The molecule has 0 atom stereocenters. The van der Waals surface area contributed by atoms with Gasteiger partial charge in [0, 0.05) is 20.8 Å². The van der Waals surface area contributed by atoms with Gasteiger partial charge in [0.25, 0.3) is 5.91 Å². The second-order valence-corrected chi connectivity index (χ2v) is 11.1. The highest BCUT2D eigenvalue weighted by atomic mass is 35.5. The van der Waals surface area contributed by atoms with E-state index in [2.05, 4.69) is 29.5 Å². The fraction of sp³-hybridized carbons (Fsp3) is 0.115. The molecule has 0 aliphatic rings. The molecule has 2 N–H and O–H groups in total. The van der Waals surface area contributed by atoms with E-state index in [1.807, 2.05) is 18.2 Å². The van der Waals surface area contributed by atoms with E-state index in [0.29, 0.717) is 48.6 Å². The molecule has 182 valence electrons. The predicted molar refractivity (Wildman–Crippen MR) is 154 cm³/mol. The fourth-order valence-electron chi connectivity index (χ4n) is 3.69. The number of rotatable bonds is 4. The van der Waals surface area contributed by atoms with Crippen molar-refractivity contribution in [3.63, 3.8) is 0 Å². The van der Waals surface area contributed by atoms with Crippen LogP contribution in [0.2, 0.25) is 15.1 Å². The van der Waals surface area contributed by atoms with Crippen LogP contribution in [0.4, 0.5) is 5.69 Å². The zero-order valence-electron chi connectivity index (χ0n) is 19.0. The molecule has 0 spiro atoms. The van der Waals surface area contributed by atoms with Gasteiger partial charge in [-0.1, -0.05) is 60.8 Å². The quantitative estimate of drug-likeness (QED) is 0.210. The van der Waals surface area contributed by atoms with Crippen molar-refractivity contribution in [1.29, 1.82) is 0 Å². The van der Waals surface area contributed by atoms with Crippen molar-refractivity contribution in [3.8, 4) is 11.5 Å². The van der Waals surface area contributed by atoms with Crippen molar-refractivity contribution in [2.75, 3.05) is 5.32 Å². The van der Waals surface area contributed by atoms with Crippen LogP contribution >= 0.6 is 58.4 Å². The molecule has 0 unspecified atom stereocenters. The van der Waals surface area contributed by atoms with Crippen molar-refractivity contribution in [3.05, 3.63) is 80.1 Å².